The number of phenols is 1. The maximum Gasteiger partial charge on any atom is 0.140 e. The van der Waals surface area contributed by atoms with Gasteiger partial charge in [-0.3, -0.25) is 4.90 Å². The molecular weight excluding hydrogens is 370 g/mol. The Morgan fingerprint density at radius 1 is 0.867 bits per heavy atom. The second-order valence-electron chi connectivity index (χ2n) is 7.92. The van der Waals surface area contributed by atoms with Crippen LogP contribution in [0.1, 0.15) is 17.0 Å². The molecule has 0 spiro atoms. The number of fused-ring (bicyclic) bond motifs is 1. The minimum Gasteiger partial charge on any atom is -0.508 e. The van der Waals surface area contributed by atoms with Crippen LogP contribution in [0.25, 0.3) is 22.5 Å². The van der Waals surface area contributed by atoms with Gasteiger partial charge in [0.05, 0.1) is 11.4 Å². The molecule has 2 heterocycles. The van der Waals surface area contributed by atoms with Crippen LogP contribution in [-0.4, -0.2) is 26.1 Å². The van der Waals surface area contributed by atoms with Crippen molar-refractivity contribution in [3.63, 3.8) is 0 Å². The van der Waals surface area contributed by atoms with Crippen LogP contribution in [0.3, 0.4) is 0 Å². The van der Waals surface area contributed by atoms with Gasteiger partial charge in [-0.05, 0) is 41.0 Å². The van der Waals surface area contributed by atoms with E-state index in [1.54, 1.807) is 12.1 Å². The molecule has 0 aliphatic carbocycles. The Bertz CT molecular complexity index is 1160. The van der Waals surface area contributed by atoms with E-state index >= 15 is 0 Å². The van der Waals surface area contributed by atoms with Gasteiger partial charge in [0.15, 0.2) is 0 Å². The third-order valence-corrected chi connectivity index (χ3v) is 5.96. The molecule has 150 valence electrons. The number of benzene rings is 3. The molecule has 1 N–H and O–H groups in total. The lowest BCUT2D eigenvalue weighted by molar-refractivity contribution is 0.238. The van der Waals surface area contributed by atoms with Crippen LogP contribution >= 0.6 is 0 Å². The average Bonchev–Trinajstić information content (AvgIpc) is 3.11. The Morgan fingerprint density at radius 3 is 2.40 bits per heavy atom. The number of imidazole rings is 1. The predicted molar refractivity (Wildman–Crippen MR) is 120 cm³/mol. The lowest BCUT2D eigenvalue weighted by Crippen LogP contribution is -2.31. The molecule has 1 aliphatic rings. The van der Waals surface area contributed by atoms with Gasteiger partial charge in [0.25, 0.3) is 0 Å². The number of phenolic OH excluding ortho intramolecular Hbond substituents is 1. The minimum absolute atomic E-state index is 0.279. The number of rotatable bonds is 4. The van der Waals surface area contributed by atoms with Gasteiger partial charge < -0.3 is 9.67 Å². The first-order chi connectivity index (χ1) is 14.7. The Hall–Kier alpha value is -3.37. The third-order valence-electron chi connectivity index (χ3n) is 5.96. The molecule has 4 heteroatoms. The standard InChI is InChI=1S/C26H25N3O/c1-28-25-18-29(16-15-24(25)27-26(28)20-11-13-22(30)14-12-20)17-21-9-5-6-10-23(21)19-7-3-2-4-8-19/h2-14,30H,15-18H2,1H3. The van der Waals surface area contributed by atoms with Crippen LogP contribution in [0, 0.1) is 0 Å². The number of aromatic nitrogens is 2. The Balaban J connectivity index is 1.40. The summed E-state index contributed by atoms with van der Waals surface area (Å²) in [4.78, 5) is 7.42. The summed E-state index contributed by atoms with van der Waals surface area (Å²) in [6.07, 6.45) is 0.953. The molecule has 1 aliphatic heterocycles. The van der Waals surface area contributed by atoms with Crippen molar-refractivity contribution in [2.75, 3.05) is 6.54 Å². The molecule has 0 atom stereocenters. The predicted octanol–water partition coefficient (Wildman–Crippen LogP) is 5.02. The lowest BCUT2D eigenvalue weighted by atomic mass is 9.99. The average molecular weight is 396 g/mol. The molecule has 0 unspecified atom stereocenters. The van der Waals surface area contributed by atoms with Crippen molar-refractivity contribution < 1.29 is 5.11 Å². The van der Waals surface area contributed by atoms with E-state index in [9.17, 15) is 5.11 Å². The Morgan fingerprint density at radius 2 is 1.60 bits per heavy atom. The van der Waals surface area contributed by atoms with Crippen molar-refractivity contribution in [3.8, 4) is 28.3 Å². The van der Waals surface area contributed by atoms with E-state index in [-0.39, 0.29) is 5.75 Å². The van der Waals surface area contributed by atoms with Gasteiger partial charge in [0.2, 0.25) is 0 Å². The van der Waals surface area contributed by atoms with Crippen molar-refractivity contribution in [2.24, 2.45) is 7.05 Å². The van der Waals surface area contributed by atoms with Crippen LogP contribution in [0.4, 0.5) is 0 Å². The highest BCUT2D eigenvalue weighted by Crippen LogP contribution is 2.29. The molecule has 0 amide bonds. The first kappa shape index (κ1) is 18.6. The van der Waals surface area contributed by atoms with Crippen molar-refractivity contribution in [2.45, 2.75) is 19.5 Å². The van der Waals surface area contributed by atoms with E-state index in [1.807, 2.05) is 12.1 Å². The monoisotopic (exact) mass is 395 g/mol. The number of nitrogens with zero attached hydrogens (tertiary/aromatic N) is 3. The molecule has 4 nitrogen and oxygen atoms in total. The van der Waals surface area contributed by atoms with Gasteiger partial charge >= 0.3 is 0 Å². The highest BCUT2D eigenvalue weighted by molar-refractivity contribution is 5.67. The summed E-state index contributed by atoms with van der Waals surface area (Å²) in [7, 11) is 2.09. The first-order valence-corrected chi connectivity index (χ1v) is 10.4. The first-order valence-electron chi connectivity index (χ1n) is 10.4. The van der Waals surface area contributed by atoms with Crippen molar-refractivity contribution >= 4 is 0 Å². The fourth-order valence-electron chi connectivity index (χ4n) is 4.34. The summed E-state index contributed by atoms with van der Waals surface area (Å²) in [5.41, 5.74) is 7.42. The van der Waals surface area contributed by atoms with Gasteiger partial charge in [-0.1, -0.05) is 54.6 Å². The topological polar surface area (TPSA) is 41.3 Å². The van der Waals surface area contributed by atoms with Gasteiger partial charge in [0.1, 0.15) is 11.6 Å². The van der Waals surface area contributed by atoms with Crippen molar-refractivity contribution in [1.29, 1.82) is 0 Å². The van der Waals surface area contributed by atoms with Crippen LogP contribution < -0.4 is 0 Å². The molecule has 5 rings (SSSR count). The molecule has 0 fully saturated rings. The molecule has 3 aromatic carbocycles. The van der Waals surface area contributed by atoms with Gasteiger partial charge in [-0.25, -0.2) is 4.98 Å². The Kier molecular flexibility index (Phi) is 4.85. The third kappa shape index (κ3) is 3.51. The van der Waals surface area contributed by atoms with Crippen molar-refractivity contribution in [1.82, 2.24) is 14.5 Å². The van der Waals surface area contributed by atoms with E-state index in [4.69, 9.17) is 4.98 Å². The second kappa shape index (κ2) is 7.81. The quantitative estimate of drug-likeness (QED) is 0.528. The summed E-state index contributed by atoms with van der Waals surface area (Å²) >= 11 is 0. The molecule has 0 bridgehead atoms. The molecule has 0 saturated heterocycles. The zero-order valence-corrected chi connectivity index (χ0v) is 17.1. The summed E-state index contributed by atoms with van der Waals surface area (Å²) in [5, 5.41) is 9.58. The van der Waals surface area contributed by atoms with Crippen LogP contribution in [0.15, 0.2) is 78.9 Å². The maximum atomic E-state index is 9.58. The van der Waals surface area contributed by atoms with E-state index in [0.29, 0.717) is 0 Å². The minimum atomic E-state index is 0.279. The lowest BCUT2D eigenvalue weighted by Gasteiger charge is -2.28. The number of hydrogen-bond acceptors (Lipinski definition) is 3. The maximum absolute atomic E-state index is 9.58. The van der Waals surface area contributed by atoms with E-state index in [1.165, 1.54) is 28.1 Å². The summed E-state index contributed by atoms with van der Waals surface area (Å²) in [5.74, 6) is 1.24. The van der Waals surface area contributed by atoms with Gasteiger partial charge in [-0.2, -0.15) is 0 Å². The highest BCUT2D eigenvalue weighted by atomic mass is 16.3. The zero-order valence-electron chi connectivity index (χ0n) is 17.1. The largest absolute Gasteiger partial charge is 0.508 e. The SMILES string of the molecule is Cn1c(-c2ccc(O)cc2)nc2c1CN(Cc1ccccc1-c1ccccc1)CC2. The van der Waals surface area contributed by atoms with E-state index in [0.717, 1.165) is 37.4 Å². The molecule has 0 saturated carbocycles. The van der Waals surface area contributed by atoms with Crippen molar-refractivity contribution in [3.05, 3.63) is 95.8 Å². The molecule has 30 heavy (non-hydrogen) atoms. The smallest absolute Gasteiger partial charge is 0.140 e. The Labute approximate surface area is 177 Å². The fraction of sp³-hybridized carbons (Fsp3) is 0.192. The number of hydrogen-bond donors (Lipinski definition) is 1. The van der Waals surface area contributed by atoms with Crippen LogP contribution in [0.5, 0.6) is 5.75 Å². The molecule has 4 aromatic rings. The molecule has 0 radical (unpaired) electrons. The highest BCUT2D eigenvalue weighted by Gasteiger charge is 2.24. The van der Waals surface area contributed by atoms with Gasteiger partial charge in [-0.15, -0.1) is 0 Å². The van der Waals surface area contributed by atoms with E-state index in [2.05, 4.69) is 71.1 Å². The molecule has 1 aromatic heterocycles. The fourth-order valence-corrected chi connectivity index (χ4v) is 4.34. The van der Waals surface area contributed by atoms with E-state index < -0.39 is 0 Å². The number of aromatic hydroxyl groups is 1. The van der Waals surface area contributed by atoms with Crippen LogP contribution in [0.2, 0.25) is 0 Å². The van der Waals surface area contributed by atoms with Crippen LogP contribution in [-0.2, 0) is 26.6 Å². The summed E-state index contributed by atoms with van der Waals surface area (Å²) in [6, 6.07) is 26.6. The second-order valence-corrected chi connectivity index (χ2v) is 7.92. The van der Waals surface area contributed by atoms with Gasteiger partial charge in [0, 0.05) is 38.7 Å². The normalized spacial score (nSPS) is 13.9. The summed E-state index contributed by atoms with van der Waals surface area (Å²) < 4.78 is 2.21. The molecular formula is C26H25N3O. The summed E-state index contributed by atoms with van der Waals surface area (Å²) in [6.45, 7) is 2.81. The zero-order chi connectivity index (χ0) is 20.5.